The lowest BCUT2D eigenvalue weighted by atomic mass is 10.2. The molecule has 1 amide bonds. The highest BCUT2D eigenvalue weighted by molar-refractivity contribution is 5.92. The quantitative estimate of drug-likeness (QED) is 0.644. The lowest BCUT2D eigenvalue weighted by molar-refractivity contribution is -0.114. The zero-order chi connectivity index (χ0) is 9.68. The summed E-state index contributed by atoms with van der Waals surface area (Å²) in [5.41, 5.74) is 6.54. The van der Waals surface area contributed by atoms with Gasteiger partial charge in [0.1, 0.15) is 0 Å². The minimum Gasteiger partial charge on any atom is -0.325 e. The van der Waals surface area contributed by atoms with Crippen LogP contribution in [0.2, 0.25) is 0 Å². The third-order valence-electron chi connectivity index (χ3n) is 1.50. The summed E-state index contributed by atoms with van der Waals surface area (Å²) in [6, 6.07) is 7.04. The van der Waals surface area contributed by atoms with Gasteiger partial charge in [-0.3, -0.25) is 4.79 Å². The van der Waals surface area contributed by atoms with Gasteiger partial charge in [0.15, 0.2) is 0 Å². The molecule has 3 N–H and O–H groups in total. The van der Waals surface area contributed by atoms with E-state index in [0.717, 1.165) is 5.56 Å². The first-order valence-electron chi connectivity index (χ1n) is 3.83. The molecule has 0 aliphatic heterocycles. The molecule has 0 aliphatic rings. The van der Waals surface area contributed by atoms with Crippen molar-refractivity contribution in [2.24, 2.45) is 5.73 Å². The van der Waals surface area contributed by atoms with Crippen molar-refractivity contribution in [1.29, 1.82) is 0 Å². The summed E-state index contributed by atoms with van der Waals surface area (Å²) in [7, 11) is 0. The summed E-state index contributed by atoms with van der Waals surface area (Å²) < 4.78 is 0. The minimum absolute atomic E-state index is 0.0275. The van der Waals surface area contributed by atoms with Gasteiger partial charge in [-0.1, -0.05) is 12.0 Å². The van der Waals surface area contributed by atoms with E-state index in [1.165, 1.54) is 0 Å². The number of anilines is 1. The first-order chi connectivity index (χ1) is 6.26. The van der Waals surface area contributed by atoms with Crippen molar-refractivity contribution < 1.29 is 4.79 Å². The summed E-state index contributed by atoms with van der Waals surface area (Å²) in [4.78, 5) is 10.9. The van der Waals surface area contributed by atoms with E-state index in [2.05, 4.69) is 11.2 Å². The second-order valence-corrected chi connectivity index (χ2v) is 2.48. The van der Waals surface area contributed by atoms with Crippen LogP contribution in [0.4, 0.5) is 5.69 Å². The fraction of sp³-hybridized carbons (Fsp3) is 0.100. The number of terminal acetylenes is 1. The number of amides is 1. The zero-order valence-electron chi connectivity index (χ0n) is 7.08. The number of nitrogens with one attached hydrogen (secondary N) is 1. The Morgan fingerprint density at radius 1 is 1.62 bits per heavy atom. The van der Waals surface area contributed by atoms with Crippen molar-refractivity contribution in [3.63, 3.8) is 0 Å². The van der Waals surface area contributed by atoms with Crippen molar-refractivity contribution in [2.45, 2.75) is 0 Å². The van der Waals surface area contributed by atoms with Crippen LogP contribution in [0.15, 0.2) is 24.3 Å². The Bertz CT molecular complexity index is 352. The van der Waals surface area contributed by atoms with Gasteiger partial charge in [-0.15, -0.1) is 6.42 Å². The topological polar surface area (TPSA) is 55.1 Å². The fourth-order valence-electron chi connectivity index (χ4n) is 0.899. The third-order valence-corrected chi connectivity index (χ3v) is 1.50. The molecule has 0 saturated heterocycles. The van der Waals surface area contributed by atoms with Crippen molar-refractivity contribution in [1.82, 2.24) is 0 Å². The molecule has 66 valence electrons. The Morgan fingerprint density at radius 2 is 2.38 bits per heavy atom. The molecule has 0 bridgehead atoms. The summed E-state index contributed by atoms with van der Waals surface area (Å²) in [6.45, 7) is -0.0275. The highest BCUT2D eigenvalue weighted by Crippen LogP contribution is 2.08. The van der Waals surface area contributed by atoms with Crippen LogP contribution in [0.25, 0.3) is 0 Å². The van der Waals surface area contributed by atoms with E-state index in [9.17, 15) is 4.79 Å². The van der Waals surface area contributed by atoms with Gasteiger partial charge in [-0.05, 0) is 18.2 Å². The number of nitrogens with two attached hydrogens (primary N) is 1. The van der Waals surface area contributed by atoms with Crippen LogP contribution in [0.3, 0.4) is 0 Å². The van der Waals surface area contributed by atoms with Crippen LogP contribution in [-0.4, -0.2) is 12.5 Å². The largest absolute Gasteiger partial charge is 0.325 e. The normalized spacial score (nSPS) is 8.92. The molecule has 0 heterocycles. The van der Waals surface area contributed by atoms with Crippen molar-refractivity contribution in [3.8, 4) is 12.3 Å². The maximum absolute atomic E-state index is 10.9. The zero-order valence-corrected chi connectivity index (χ0v) is 7.08. The van der Waals surface area contributed by atoms with E-state index in [0.29, 0.717) is 5.69 Å². The van der Waals surface area contributed by atoms with E-state index < -0.39 is 0 Å². The molecule has 13 heavy (non-hydrogen) atoms. The van der Waals surface area contributed by atoms with Crippen molar-refractivity contribution >= 4 is 11.6 Å². The number of benzene rings is 1. The average Bonchev–Trinajstić information content (AvgIpc) is 2.18. The average molecular weight is 174 g/mol. The first-order valence-corrected chi connectivity index (χ1v) is 3.83. The summed E-state index contributed by atoms with van der Waals surface area (Å²) in [5.74, 6) is 2.25. The molecule has 0 spiro atoms. The van der Waals surface area contributed by atoms with E-state index >= 15 is 0 Å². The Labute approximate surface area is 76.9 Å². The molecule has 0 unspecified atom stereocenters. The summed E-state index contributed by atoms with van der Waals surface area (Å²) in [6.07, 6.45) is 5.19. The predicted molar refractivity (Wildman–Crippen MR) is 52.1 cm³/mol. The Kier molecular flexibility index (Phi) is 3.07. The smallest absolute Gasteiger partial charge is 0.238 e. The van der Waals surface area contributed by atoms with E-state index in [-0.39, 0.29) is 12.5 Å². The SMILES string of the molecule is C#Cc1cccc(NC(=O)CN)c1. The van der Waals surface area contributed by atoms with Crippen molar-refractivity contribution in [2.75, 3.05) is 11.9 Å². The summed E-state index contributed by atoms with van der Waals surface area (Å²) in [5, 5.41) is 2.61. The summed E-state index contributed by atoms with van der Waals surface area (Å²) >= 11 is 0. The molecular weight excluding hydrogens is 164 g/mol. The molecule has 0 fully saturated rings. The van der Waals surface area contributed by atoms with Crippen LogP contribution in [0, 0.1) is 12.3 Å². The molecule has 1 aromatic rings. The Morgan fingerprint density at radius 3 is 3.00 bits per heavy atom. The highest BCUT2D eigenvalue weighted by Gasteiger charge is 1.98. The third kappa shape index (κ3) is 2.62. The molecule has 3 heteroatoms. The van der Waals surface area contributed by atoms with Gasteiger partial charge in [0.2, 0.25) is 5.91 Å². The van der Waals surface area contributed by atoms with Gasteiger partial charge >= 0.3 is 0 Å². The van der Waals surface area contributed by atoms with Crippen LogP contribution in [0.5, 0.6) is 0 Å². The number of hydrogen-bond donors (Lipinski definition) is 2. The van der Waals surface area contributed by atoms with Gasteiger partial charge in [0, 0.05) is 11.3 Å². The highest BCUT2D eigenvalue weighted by atomic mass is 16.1. The first kappa shape index (κ1) is 9.30. The van der Waals surface area contributed by atoms with Gasteiger partial charge in [-0.2, -0.15) is 0 Å². The van der Waals surface area contributed by atoms with Crippen LogP contribution >= 0.6 is 0 Å². The standard InChI is InChI=1S/C10H10N2O/c1-2-8-4-3-5-9(6-8)12-10(13)7-11/h1,3-6H,7,11H2,(H,12,13). The molecule has 3 nitrogen and oxygen atoms in total. The van der Waals surface area contributed by atoms with E-state index in [4.69, 9.17) is 12.2 Å². The fourth-order valence-corrected chi connectivity index (χ4v) is 0.899. The van der Waals surface area contributed by atoms with Gasteiger partial charge < -0.3 is 11.1 Å². The number of carbonyl (C=O) groups excluding carboxylic acids is 1. The number of hydrogen-bond acceptors (Lipinski definition) is 2. The van der Waals surface area contributed by atoms with Gasteiger partial charge in [0.05, 0.1) is 6.54 Å². The molecule has 0 atom stereocenters. The van der Waals surface area contributed by atoms with Gasteiger partial charge in [0.25, 0.3) is 0 Å². The molecular formula is C10H10N2O. The van der Waals surface area contributed by atoms with Gasteiger partial charge in [-0.25, -0.2) is 0 Å². The lowest BCUT2D eigenvalue weighted by Crippen LogP contribution is -2.21. The molecule has 0 saturated carbocycles. The van der Waals surface area contributed by atoms with Crippen molar-refractivity contribution in [3.05, 3.63) is 29.8 Å². The van der Waals surface area contributed by atoms with E-state index in [1.807, 2.05) is 0 Å². The molecule has 0 radical (unpaired) electrons. The van der Waals surface area contributed by atoms with Crippen LogP contribution < -0.4 is 11.1 Å². The molecule has 0 aromatic heterocycles. The monoisotopic (exact) mass is 174 g/mol. The van der Waals surface area contributed by atoms with Crippen LogP contribution in [-0.2, 0) is 4.79 Å². The molecule has 0 aliphatic carbocycles. The van der Waals surface area contributed by atoms with E-state index in [1.54, 1.807) is 24.3 Å². The Hall–Kier alpha value is -1.79. The maximum atomic E-state index is 10.9. The molecule has 1 rings (SSSR count). The number of rotatable bonds is 2. The maximum Gasteiger partial charge on any atom is 0.238 e. The Balaban J connectivity index is 2.79. The number of carbonyl (C=O) groups is 1. The minimum atomic E-state index is -0.228. The lowest BCUT2D eigenvalue weighted by Gasteiger charge is -2.02. The molecule has 1 aromatic carbocycles. The van der Waals surface area contributed by atoms with Crippen LogP contribution in [0.1, 0.15) is 5.56 Å². The second kappa shape index (κ2) is 4.29. The predicted octanol–water partition coefficient (Wildman–Crippen LogP) is 0.565. The second-order valence-electron chi connectivity index (χ2n) is 2.48.